The second-order valence-corrected chi connectivity index (χ2v) is 7.79. The van der Waals surface area contributed by atoms with E-state index in [0.717, 1.165) is 70.5 Å². The molecule has 1 aliphatic carbocycles. The summed E-state index contributed by atoms with van der Waals surface area (Å²) >= 11 is 0. The van der Waals surface area contributed by atoms with Crippen molar-refractivity contribution in [2.45, 2.75) is 45.1 Å². The molecule has 2 aliphatic heterocycles. The van der Waals surface area contributed by atoms with Gasteiger partial charge in [0, 0.05) is 56.2 Å². The van der Waals surface area contributed by atoms with Crippen molar-refractivity contribution in [2.24, 2.45) is 5.92 Å². The summed E-state index contributed by atoms with van der Waals surface area (Å²) in [5.74, 6) is 0.563. The molecular weight excluding hydrogens is 328 g/mol. The predicted molar refractivity (Wildman–Crippen MR) is 99.8 cm³/mol. The van der Waals surface area contributed by atoms with Crippen molar-refractivity contribution in [1.29, 1.82) is 0 Å². The fourth-order valence-electron chi connectivity index (χ4n) is 4.14. The molecular formula is C20H28N4O2. The summed E-state index contributed by atoms with van der Waals surface area (Å²) in [7, 11) is 0. The van der Waals surface area contributed by atoms with Crippen LogP contribution < -0.4 is 4.90 Å². The molecule has 0 spiro atoms. The molecule has 4 rings (SSSR count). The predicted octanol–water partition coefficient (Wildman–Crippen LogP) is 1.83. The number of aryl methyl sites for hydroxylation is 1. The maximum Gasteiger partial charge on any atom is 0.245 e. The van der Waals surface area contributed by atoms with Crippen molar-refractivity contribution in [3.8, 4) is 0 Å². The summed E-state index contributed by atoms with van der Waals surface area (Å²) in [5.41, 5.74) is 2.19. The Hall–Kier alpha value is -2.11. The number of rotatable bonds is 3. The van der Waals surface area contributed by atoms with Gasteiger partial charge in [0.15, 0.2) is 0 Å². The topological polar surface area (TPSA) is 56.8 Å². The molecule has 1 aromatic heterocycles. The van der Waals surface area contributed by atoms with E-state index in [4.69, 9.17) is 0 Å². The molecule has 2 saturated heterocycles. The van der Waals surface area contributed by atoms with Gasteiger partial charge >= 0.3 is 0 Å². The highest BCUT2D eigenvalue weighted by atomic mass is 16.2. The van der Waals surface area contributed by atoms with E-state index in [1.807, 2.05) is 29.0 Å². The van der Waals surface area contributed by atoms with Gasteiger partial charge < -0.3 is 14.7 Å². The standard InChI is InChI=1S/C20H28N4O2/c1-15-14-17(7-8-21-15)22-10-12-23(13-11-22)20(26)18-4-2-3-9-24(18)19(25)16-5-6-16/h7-8,14,16,18H,2-6,9-13H2,1H3. The summed E-state index contributed by atoms with van der Waals surface area (Å²) in [6.45, 7) is 5.86. The van der Waals surface area contributed by atoms with E-state index in [1.54, 1.807) is 0 Å². The van der Waals surface area contributed by atoms with Crippen LogP contribution in [0.15, 0.2) is 18.3 Å². The SMILES string of the molecule is Cc1cc(N2CCN(C(=O)C3CCCCN3C(=O)C3CC3)CC2)ccn1. The van der Waals surface area contributed by atoms with E-state index < -0.39 is 0 Å². The molecule has 0 bridgehead atoms. The largest absolute Gasteiger partial charge is 0.368 e. The van der Waals surface area contributed by atoms with E-state index in [1.165, 1.54) is 5.69 Å². The van der Waals surface area contributed by atoms with Gasteiger partial charge in [0.2, 0.25) is 11.8 Å². The third kappa shape index (κ3) is 3.55. The molecule has 1 aromatic rings. The minimum atomic E-state index is -0.230. The number of nitrogens with zero attached hydrogens (tertiary/aromatic N) is 4. The summed E-state index contributed by atoms with van der Waals surface area (Å²) in [6, 6.07) is 3.89. The van der Waals surface area contributed by atoms with E-state index in [-0.39, 0.29) is 23.8 Å². The molecule has 6 heteroatoms. The Morgan fingerprint density at radius 2 is 1.77 bits per heavy atom. The monoisotopic (exact) mass is 356 g/mol. The molecule has 26 heavy (non-hydrogen) atoms. The highest BCUT2D eigenvalue weighted by molar-refractivity contribution is 5.89. The van der Waals surface area contributed by atoms with Gasteiger partial charge in [0.05, 0.1) is 0 Å². The summed E-state index contributed by atoms with van der Waals surface area (Å²) in [4.78, 5) is 36.1. The number of hydrogen-bond donors (Lipinski definition) is 0. The Balaban J connectivity index is 1.38. The Morgan fingerprint density at radius 1 is 1.00 bits per heavy atom. The van der Waals surface area contributed by atoms with Gasteiger partial charge in [-0.3, -0.25) is 14.6 Å². The molecule has 140 valence electrons. The first-order chi connectivity index (χ1) is 12.6. The molecule has 1 saturated carbocycles. The van der Waals surface area contributed by atoms with Crippen LogP contribution in [0.4, 0.5) is 5.69 Å². The van der Waals surface area contributed by atoms with Gasteiger partial charge in [0.25, 0.3) is 0 Å². The number of hydrogen-bond acceptors (Lipinski definition) is 4. The van der Waals surface area contributed by atoms with Gasteiger partial charge in [-0.1, -0.05) is 0 Å². The van der Waals surface area contributed by atoms with Gasteiger partial charge in [-0.2, -0.15) is 0 Å². The zero-order valence-electron chi connectivity index (χ0n) is 15.6. The van der Waals surface area contributed by atoms with Gasteiger partial charge in [0.1, 0.15) is 6.04 Å². The van der Waals surface area contributed by atoms with Crippen LogP contribution in [0.1, 0.15) is 37.8 Å². The van der Waals surface area contributed by atoms with Gasteiger partial charge in [-0.15, -0.1) is 0 Å². The van der Waals surface area contributed by atoms with Crippen molar-refractivity contribution in [3.05, 3.63) is 24.0 Å². The van der Waals surface area contributed by atoms with Crippen LogP contribution in [-0.4, -0.2) is 65.4 Å². The molecule has 0 aromatic carbocycles. The number of piperazine rings is 1. The maximum atomic E-state index is 13.1. The van der Waals surface area contributed by atoms with Gasteiger partial charge in [-0.25, -0.2) is 0 Å². The third-order valence-electron chi connectivity index (χ3n) is 5.83. The highest BCUT2D eigenvalue weighted by Gasteiger charge is 2.41. The summed E-state index contributed by atoms with van der Waals surface area (Å²) in [5, 5.41) is 0. The summed E-state index contributed by atoms with van der Waals surface area (Å²) < 4.78 is 0. The Kier molecular flexibility index (Phi) is 4.83. The van der Waals surface area contributed by atoms with Crippen molar-refractivity contribution in [3.63, 3.8) is 0 Å². The Morgan fingerprint density at radius 3 is 2.46 bits per heavy atom. The van der Waals surface area contributed by atoms with E-state index in [9.17, 15) is 9.59 Å². The average Bonchev–Trinajstić information content (AvgIpc) is 3.52. The fourth-order valence-corrected chi connectivity index (χ4v) is 4.14. The van der Waals surface area contributed by atoms with Crippen LogP contribution in [0, 0.1) is 12.8 Å². The van der Waals surface area contributed by atoms with Crippen molar-refractivity contribution in [1.82, 2.24) is 14.8 Å². The van der Waals surface area contributed by atoms with Gasteiger partial charge in [-0.05, 0) is 51.2 Å². The molecule has 1 unspecified atom stereocenters. The molecule has 2 amide bonds. The quantitative estimate of drug-likeness (QED) is 0.829. The molecule has 3 fully saturated rings. The maximum absolute atomic E-state index is 13.1. The second-order valence-electron chi connectivity index (χ2n) is 7.79. The minimum absolute atomic E-state index is 0.157. The van der Waals surface area contributed by atoms with Crippen LogP contribution in [0.25, 0.3) is 0 Å². The zero-order valence-corrected chi connectivity index (χ0v) is 15.6. The first kappa shape index (κ1) is 17.3. The smallest absolute Gasteiger partial charge is 0.245 e. The average molecular weight is 356 g/mol. The molecule has 3 heterocycles. The molecule has 0 radical (unpaired) electrons. The number of aromatic nitrogens is 1. The number of likely N-dealkylation sites (tertiary alicyclic amines) is 1. The van der Waals surface area contributed by atoms with Crippen LogP contribution in [0.5, 0.6) is 0 Å². The Labute approximate surface area is 155 Å². The van der Waals surface area contributed by atoms with Crippen LogP contribution in [0.3, 0.4) is 0 Å². The first-order valence-corrected chi connectivity index (χ1v) is 9.90. The lowest BCUT2D eigenvalue weighted by molar-refractivity contribution is -0.148. The second kappa shape index (κ2) is 7.25. The minimum Gasteiger partial charge on any atom is -0.368 e. The first-order valence-electron chi connectivity index (χ1n) is 9.90. The highest BCUT2D eigenvalue weighted by Crippen LogP contribution is 2.33. The summed E-state index contributed by atoms with van der Waals surface area (Å²) in [6.07, 6.45) is 6.73. The zero-order chi connectivity index (χ0) is 18.1. The Bertz CT molecular complexity index is 680. The molecule has 0 N–H and O–H groups in total. The number of anilines is 1. The van der Waals surface area contributed by atoms with Crippen LogP contribution in [-0.2, 0) is 9.59 Å². The van der Waals surface area contributed by atoms with Crippen LogP contribution >= 0.6 is 0 Å². The van der Waals surface area contributed by atoms with Crippen LogP contribution in [0.2, 0.25) is 0 Å². The number of carbonyl (C=O) groups is 2. The van der Waals surface area contributed by atoms with Crippen molar-refractivity contribution >= 4 is 17.5 Å². The normalized spacial score (nSPS) is 23.9. The van der Waals surface area contributed by atoms with Crippen molar-refractivity contribution < 1.29 is 9.59 Å². The number of piperidine rings is 1. The number of pyridine rings is 1. The lowest BCUT2D eigenvalue weighted by Gasteiger charge is -2.41. The van der Waals surface area contributed by atoms with E-state index >= 15 is 0 Å². The number of amides is 2. The lowest BCUT2D eigenvalue weighted by Crippen LogP contribution is -2.57. The molecule has 1 atom stereocenters. The molecule has 6 nitrogen and oxygen atoms in total. The number of carbonyl (C=O) groups excluding carboxylic acids is 2. The molecule has 3 aliphatic rings. The van der Waals surface area contributed by atoms with E-state index in [0.29, 0.717) is 0 Å². The van der Waals surface area contributed by atoms with E-state index in [2.05, 4.69) is 16.0 Å². The van der Waals surface area contributed by atoms with Crippen molar-refractivity contribution in [2.75, 3.05) is 37.6 Å². The third-order valence-corrected chi connectivity index (χ3v) is 5.83. The lowest BCUT2D eigenvalue weighted by atomic mass is 9.99. The fraction of sp³-hybridized carbons (Fsp3) is 0.650.